The molecule has 8 heteroatoms. The monoisotopic (exact) mass is 650 g/mol. The van der Waals surface area contributed by atoms with E-state index >= 15 is 0 Å². The van der Waals surface area contributed by atoms with Gasteiger partial charge in [-0.2, -0.15) is 0 Å². The predicted molar refractivity (Wildman–Crippen MR) is 130 cm³/mol. The quantitative estimate of drug-likeness (QED) is 0.396. The van der Waals surface area contributed by atoms with E-state index in [2.05, 4.69) is 36.4 Å². The molecule has 33 heavy (non-hydrogen) atoms. The number of methoxy groups -OCH3 is 3. The summed E-state index contributed by atoms with van der Waals surface area (Å²) in [6.45, 7) is 2.17. The first-order valence-electron chi connectivity index (χ1n) is 9.83. The Morgan fingerprint density at radius 1 is 0.545 bits per heavy atom. The van der Waals surface area contributed by atoms with Gasteiger partial charge in [-0.05, 0) is 0 Å². The summed E-state index contributed by atoms with van der Waals surface area (Å²) in [6.07, 6.45) is 0. The summed E-state index contributed by atoms with van der Waals surface area (Å²) in [5.74, 6) is 0.992. The molecule has 0 bridgehead atoms. The third-order valence-electron chi connectivity index (χ3n) is 3.99. The van der Waals surface area contributed by atoms with Crippen molar-refractivity contribution in [2.24, 2.45) is 0 Å². The Bertz CT molecular complexity index is 852. The van der Waals surface area contributed by atoms with Crippen LogP contribution in [0.5, 0.6) is 17.2 Å². The number of carboxylic acid groups (broad SMARTS) is 2. The number of ether oxygens (including phenoxy) is 3. The molecule has 0 aliphatic rings. The van der Waals surface area contributed by atoms with Crippen molar-refractivity contribution < 1.29 is 34.0 Å². The summed E-state index contributed by atoms with van der Waals surface area (Å²) in [4.78, 5) is 18.0. The molecular weight excluding hydrogens is 621 g/mol. The minimum atomic E-state index is -2.36. The number of carboxylic acids is 2. The molecule has 3 aromatic rings. The van der Waals surface area contributed by atoms with E-state index in [1.807, 2.05) is 36.4 Å². The molecule has 0 unspecified atom stereocenters. The molecule has 3 aromatic carbocycles. The standard InChI is InChI=1S/3C7H7O.2C2H4O2.Bi/c3*1-8-7-5-3-2-4-6-7;2*1-2(3)4;/h3*3-6H,1H3;2*1H3,(H,3,4);. The molecule has 2 N–H and O–H groups in total. The van der Waals surface area contributed by atoms with Gasteiger partial charge in [0.15, 0.2) is 0 Å². The Kier molecular flexibility index (Phi) is 12.6. The molecule has 7 nitrogen and oxygen atoms in total. The van der Waals surface area contributed by atoms with Gasteiger partial charge in [0.1, 0.15) is 0 Å². The van der Waals surface area contributed by atoms with Crippen LogP contribution >= 0.6 is 0 Å². The van der Waals surface area contributed by atoms with Crippen molar-refractivity contribution in [3.8, 4) is 17.2 Å². The second-order valence-corrected chi connectivity index (χ2v) is 15.1. The van der Waals surface area contributed by atoms with Crippen molar-refractivity contribution in [1.82, 2.24) is 0 Å². The average molecular weight is 650 g/mol. The van der Waals surface area contributed by atoms with Gasteiger partial charge >= 0.3 is 157 Å². The number of hydrogen-bond acceptors (Lipinski definition) is 5. The fourth-order valence-corrected chi connectivity index (χ4v) is 11.3. The van der Waals surface area contributed by atoms with Crippen LogP contribution in [0.25, 0.3) is 0 Å². The first-order chi connectivity index (χ1) is 15.7. The maximum atomic E-state index is 9.00. The zero-order valence-corrected chi connectivity index (χ0v) is 22.8. The van der Waals surface area contributed by atoms with E-state index < -0.39 is 33.7 Å². The van der Waals surface area contributed by atoms with Gasteiger partial charge in [0.05, 0.1) is 0 Å². The van der Waals surface area contributed by atoms with E-state index in [1.54, 1.807) is 21.3 Å². The third-order valence-corrected chi connectivity index (χ3v) is 13.5. The van der Waals surface area contributed by atoms with Crippen LogP contribution in [0.4, 0.5) is 0 Å². The van der Waals surface area contributed by atoms with Crippen LogP contribution < -0.4 is 24.0 Å². The summed E-state index contributed by atoms with van der Waals surface area (Å²) in [6, 6.07) is 25.5. The van der Waals surface area contributed by atoms with Crippen LogP contribution in [-0.2, 0) is 9.59 Å². The molecule has 0 aliphatic carbocycles. The van der Waals surface area contributed by atoms with Crippen LogP contribution in [0.1, 0.15) is 13.8 Å². The van der Waals surface area contributed by atoms with Gasteiger partial charge in [0.25, 0.3) is 11.9 Å². The van der Waals surface area contributed by atoms with Gasteiger partial charge in [-0.25, -0.2) is 0 Å². The van der Waals surface area contributed by atoms with Gasteiger partial charge in [-0.3, -0.25) is 9.59 Å². The van der Waals surface area contributed by atoms with E-state index in [4.69, 9.17) is 34.0 Å². The van der Waals surface area contributed by atoms with Crippen LogP contribution in [0.15, 0.2) is 72.8 Å². The Morgan fingerprint density at radius 3 is 0.879 bits per heavy atom. The molecule has 0 radical (unpaired) electrons. The van der Waals surface area contributed by atoms with E-state index in [0.29, 0.717) is 0 Å². The molecular formula is C25H29BiO7. The number of aliphatic carboxylic acids is 2. The molecule has 0 aromatic heterocycles. The van der Waals surface area contributed by atoms with Gasteiger partial charge in [0.2, 0.25) is 0 Å². The molecule has 0 amide bonds. The minimum absolute atomic E-state index is 0.833. The van der Waals surface area contributed by atoms with Crippen molar-refractivity contribution in [2.75, 3.05) is 21.3 Å². The summed E-state index contributed by atoms with van der Waals surface area (Å²) in [5.41, 5.74) is 0. The second kappa shape index (κ2) is 14.9. The summed E-state index contributed by atoms with van der Waals surface area (Å²) in [5, 5.41) is 14.8. The summed E-state index contributed by atoms with van der Waals surface area (Å²) >= 11 is -2.36. The molecule has 0 saturated heterocycles. The molecule has 0 fully saturated rings. The first-order valence-corrected chi connectivity index (χ1v) is 15.0. The van der Waals surface area contributed by atoms with Crippen LogP contribution in [0.3, 0.4) is 0 Å². The summed E-state index contributed by atoms with van der Waals surface area (Å²) < 4.78 is 20.2. The van der Waals surface area contributed by atoms with E-state index in [-0.39, 0.29) is 0 Å². The number of carbonyl (C=O) groups is 2. The molecule has 0 heterocycles. The van der Waals surface area contributed by atoms with Crippen LogP contribution in [-0.4, -0.2) is 65.2 Å². The topological polar surface area (TPSA) is 102 Å². The van der Waals surface area contributed by atoms with Crippen LogP contribution in [0, 0.1) is 0 Å². The Morgan fingerprint density at radius 2 is 0.727 bits per heavy atom. The zero-order chi connectivity index (χ0) is 24.8. The van der Waals surface area contributed by atoms with E-state index in [9.17, 15) is 0 Å². The second-order valence-electron chi connectivity index (χ2n) is 6.47. The Labute approximate surface area is 202 Å². The molecule has 176 valence electrons. The maximum absolute atomic E-state index is 9.00. The molecule has 0 atom stereocenters. The van der Waals surface area contributed by atoms with E-state index in [0.717, 1.165) is 31.1 Å². The van der Waals surface area contributed by atoms with Crippen molar-refractivity contribution >= 4 is 43.5 Å². The number of hydrogen-bond donors (Lipinski definition) is 2. The van der Waals surface area contributed by atoms with Crippen molar-refractivity contribution in [1.29, 1.82) is 0 Å². The average Bonchev–Trinajstić information content (AvgIpc) is 2.80. The van der Waals surface area contributed by atoms with Gasteiger partial charge < -0.3 is 10.2 Å². The first kappa shape index (κ1) is 27.9. The van der Waals surface area contributed by atoms with Gasteiger partial charge in [0, 0.05) is 13.8 Å². The number of rotatable bonds is 6. The molecule has 0 aliphatic heterocycles. The van der Waals surface area contributed by atoms with Crippen molar-refractivity contribution in [3.63, 3.8) is 0 Å². The third kappa shape index (κ3) is 10.4. The fourth-order valence-electron chi connectivity index (χ4n) is 2.64. The Hall–Kier alpha value is -3.12. The molecule has 0 saturated carbocycles. The van der Waals surface area contributed by atoms with Crippen molar-refractivity contribution in [2.45, 2.75) is 13.8 Å². The Balaban J connectivity index is 0.000000591. The van der Waals surface area contributed by atoms with Gasteiger partial charge in [-0.15, -0.1) is 0 Å². The summed E-state index contributed by atoms with van der Waals surface area (Å²) in [7, 11) is 5.09. The van der Waals surface area contributed by atoms with Crippen molar-refractivity contribution in [3.05, 3.63) is 72.8 Å². The fraction of sp³-hybridized carbons (Fsp3) is 0.200. The van der Waals surface area contributed by atoms with E-state index in [1.165, 1.54) is 9.81 Å². The normalized spacial score (nSPS) is 9.52. The van der Waals surface area contributed by atoms with Crippen LogP contribution in [0.2, 0.25) is 0 Å². The predicted octanol–water partition coefficient (Wildman–Crippen LogP) is 2.41. The number of benzene rings is 3. The molecule has 3 rings (SSSR count). The van der Waals surface area contributed by atoms with Gasteiger partial charge in [-0.1, -0.05) is 0 Å². The zero-order valence-electron chi connectivity index (χ0n) is 19.3. The molecule has 0 spiro atoms. The SMILES string of the molecule is CC(=O)O.CC(=O)O.COc1cc[c]([Bi]([c]2ccc(OC)cc2)[c]2ccc(OC)cc2)cc1.